The highest BCUT2D eigenvalue weighted by atomic mass is 35.5. The van der Waals surface area contributed by atoms with Crippen molar-refractivity contribution in [3.63, 3.8) is 0 Å². The van der Waals surface area contributed by atoms with Gasteiger partial charge in [-0.25, -0.2) is 0 Å². The van der Waals surface area contributed by atoms with Crippen molar-refractivity contribution in [2.75, 3.05) is 0 Å². The first-order chi connectivity index (χ1) is 7.09. The van der Waals surface area contributed by atoms with Crippen molar-refractivity contribution < 1.29 is 0 Å². The van der Waals surface area contributed by atoms with Crippen LogP contribution in [-0.4, -0.2) is 9.78 Å². The predicted octanol–water partition coefficient (Wildman–Crippen LogP) is 4.07. The fourth-order valence-electron chi connectivity index (χ4n) is 0.816. The van der Waals surface area contributed by atoms with Crippen molar-refractivity contribution in [2.45, 2.75) is 0 Å². The number of aryl methyl sites for hydroxylation is 1. The van der Waals surface area contributed by atoms with Crippen LogP contribution in [0, 0.1) is 0 Å². The molecule has 0 unspecified atom stereocenters. The first-order valence-corrected chi connectivity index (χ1v) is 5.27. The molecule has 0 N–H and O–H groups in total. The van der Waals surface area contributed by atoms with Crippen LogP contribution in [0.25, 0.3) is 0 Å². The molecule has 2 aromatic rings. The molecule has 1 heterocycles. The van der Waals surface area contributed by atoms with Crippen LogP contribution in [-0.2, 0) is 7.05 Å². The van der Waals surface area contributed by atoms with Crippen LogP contribution in [0.3, 0.4) is 0 Å². The fraction of sp³-hybridized carbons (Fsp3) is 0.100. The lowest BCUT2D eigenvalue weighted by Gasteiger charge is -1.92. The van der Waals surface area contributed by atoms with E-state index in [9.17, 15) is 0 Å². The SMILES string of the molecule is Clc1ccc(Cl)c(Cl)c1.Cn1cccn1. The number of rotatable bonds is 0. The smallest absolute Gasteiger partial charge is 0.0607 e. The molecule has 1 aromatic heterocycles. The zero-order valence-corrected chi connectivity index (χ0v) is 10.3. The molecule has 0 fully saturated rings. The maximum atomic E-state index is 5.60. The van der Waals surface area contributed by atoms with Crippen LogP contribution in [0.15, 0.2) is 36.7 Å². The van der Waals surface area contributed by atoms with Gasteiger partial charge >= 0.3 is 0 Å². The minimum Gasteiger partial charge on any atom is -0.276 e. The van der Waals surface area contributed by atoms with Crippen LogP contribution in [0.5, 0.6) is 0 Å². The summed E-state index contributed by atoms with van der Waals surface area (Å²) in [6.45, 7) is 0. The lowest BCUT2D eigenvalue weighted by atomic mass is 10.4. The van der Waals surface area contributed by atoms with Gasteiger partial charge < -0.3 is 0 Å². The van der Waals surface area contributed by atoms with E-state index in [-0.39, 0.29) is 0 Å². The molecule has 15 heavy (non-hydrogen) atoms. The van der Waals surface area contributed by atoms with Crippen molar-refractivity contribution in [2.24, 2.45) is 7.05 Å². The average Bonchev–Trinajstić information content (AvgIpc) is 2.64. The molecule has 0 atom stereocenters. The Labute approximate surface area is 103 Å². The number of hydrogen-bond donors (Lipinski definition) is 0. The van der Waals surface area contributed by atoms with E-state index in [0.717, 1.165) is 0 Å². The van der Waals surface area contributed by atoms with Gasteiger partial charge in [0.05, 0.1) is 10.0 Å². The summed E-state index contributed by atoms with van der Waals surface area (Å²) in [5.74, 6) is 0. The lowest BCUT2D eigenvalue weighted by molar-refractivity contribution is 0.768. The van der Waals surface area contributed by atoms with E-state index in [1.165, 1.54) is 0 Å². The summed E-state index contributed by atoms with van der Waals surface area (Å²) < 4.78 is 1.75. The molecule has 0 aliphatic rings. The molecule has 0 aliphatic carbocycles. The first-order valence-electron chi connectivity index (χ1n) is 4.14. The molecule has 0 spiro atoms. The average molecular weight is 264 g/mol. The van der Waals surface area contributed by atoms with E-state index >= 15 is 0 Å². The van der Waals surface area contributed by atoms with Crippen molar-refractivity contribution in [3.8, 4) is 0 Å². The quantitative estimate of drug-likeness (QED) is 0.655. The molecule has 2 rings (SSSR count). The normalized spacial score (nSPS) is 9.33. The van der Waals surface area contributed by atoms with E-state index in [1.54, 1.807) is 29.1 Å². The number of benzene rings is 1. The van der Waals surface area contributed by atoms with Gasteiger partial charge in [0.1, 0.15) is 0 Å². The van der Waals surface area contributed by atoms with Crippen LogP contribution in [0.2, 0.25) is 15.1 Å². The largest absolute Gasteiger partial charge is 0.276 e. The third-order valence-corrected chi connectivity index (χ3v) is 2.49. The minimum atomic E-state index is 0.490. The highest BCUT2D eigenvalue weighted by Crippen LogP contribution is 2.24. The molecule has 5 heteroatoms. The van der Waals surface area contributed by atoms with E-state index in [1.807, 2.05) is 19.3 Å². The van der Waals surface area contributed by atoms with Crippen LogP contribution in [0.1, 0.15) is 0 Å². The first kappa shape index (κ1) is 12.4. The van der Waals surface area contributed by atoms with Gasteiger partial charge in [-0.3, -0.25) is 4.68 Å². The summed E-state index contributed by atoms with van der Waals surface area (Å²) in [4.78, 5) is 0. The van der Waals surface area contributed by atoms with Gasteiger partial charge in [-0.2, -0.15) is 5.10 Å². The molecular weight excluding hydrogens is 254 g/mol. The summed E-state index contributed by atoms with van der Waals surface area (Å²) in [6, 6.07) is 6.84. The second kappa shape index (κ2) is 6.01. The zero-order chi connectivity index (χ0) is 11.3. The lowest BCUT2D eigenvalue weighted by Crippen LogP contribution is -1.83. The maximum Gasteiger partial charge on any atom is 0.0607 e. The topological polar surface area (TPSA) is 17.8 Å². The van der Waals surface area contributed by atoms with Crippen molar-refractivity contribution in [3.05, 3.63) is 51.7 Å². The van der Waals surface area contributed by atoms with E-state index in [4.69, 9.17) is 34.8 Å². The van der Waals surface area contributed by atoms with Gasteiger partial charge in [0.15, 0.2) is 0 Å². The molecule has 0 saturated carbocycles. The second-order valence-electron chi connectivity index (χ2n) is 2.74. The Morgan fingerprint density at radius 1 is 1.13 bits per heavy atom. The van der Waals surface area contributed by atoms with E-state index < -0.39 is 0 Å². The zero-order valence-electron chi connectivity index (χ0n) is 7.99. The van der Waals surface area contributed by atoms with Gasteiger partial charge in [0.25, 0.3) is 0 Å². The van der Waals surface area contributed by atoms with Crippen LogP contribution >= 0.6 is 34.8 Å². The number of hydrogen-bond acceptors (Lipinski definition) is 1. The van der Waals surface area contributed by atoms with Gasteiger partial charge in [0.2, 0.25) is 0 Å². The summed E-state index contributed by atoms with van der Waals surface area (Å²) in [5, 5.41) is 5.45. The van der Waals surface area contributed by atoms with Crippen molar-refractivity contribution >= 4 is 34.8 Å². The summed E-state index contributed by atoms with van der Waals surface area (Å²) in [6.07, 6.45) is 3.64. The molecule has 1 aromatic carbocycles. The Balaban J connectivity index is 0.000000162. The highest BCUT2D eigenvalue weighted by molar-refractivity contribution is 6.43. The Hall–Kier alpha value is -0.700. The predicted molar refractivity (Wildman–Crippen MR) is 64.7 cm³/mol. The Bertz CT molecular complexity index is 413. The molecule has 0 bridgehead atoms. The highest BCUT2D eigenvalue weighted by Gasteiger charge is 1.94. The minimum absolute atomic E-state index is 0.490. The Kier molecular flexibility index (Phi) is 4.95. The third kappa shape index (κ3) is 4.56. The standard InChI is InChI=1S/C6H3Cl3.C4H6N2/c7-4-1-2-5(8)6(9)3-4;1-6-4-2-3-5-6/h1-3H;2-4H,1H3. The Morgan fingerprint density at radius 3 is 2.20 bits per heavy atom. The molecule has 2 nitrogen and oxygen atoms in total. The van der Waals surface area contributed by atoms with Crippen molar-refractivity contribution in [1.82, 2.24) is 9.78 Å². The number of aromatic nitrogens is 2. The van der Waals surface area contributed by atoms with Gasteiger partial charge in [-0.15, -0.1) is 0 Å². The third-order valence-electron chi connectivity index (χ3n) is 1.52. The molecule has 0 saturated heterocycles. The van der Waals surface area contributed by atoms with Gasteiger partial charge in [0, 0.05) is 24.5 Å². The maximum absolute atomic E-state index is 5.60. The summed E-state index contributed by atoms with van der Waals surface area (Å²) in [7, 11) is 1.89. The monoisotopic (exact) mass is 262 g/mol. The van der Waals surface area contributed by atoms with Gasteiger partial charge in [-0.05, 0) is 24.3 Å². The molecule has 0 aliphatic heterocycles. The number of halogens is 3. The number of nitrogens with zero attached hydrogens (tertiary/aromatic N) is 2. The van der Waals surface area contributed by atoms with Gasteiger partial charge in [-0.1, -0.05) is 34.8 Å². The van der Waals surface area contributed by atoms with Crippen LogP contribution < -0.4 is 0 Å². The molecule has 0 amide bonds. The Morgan fingerprint density at radius 2 is 1.87 bits per heavy atom. The van der Waals surface area contributed by atoms with Crippen molar-refractivity contribution in [1.29, 1.82) is 0 Å². The second-order valence-corrected chi connectivity index (χ2v) is 3.99. The fourth-order valence-corrected chi connectivity index (χ4v) is 1.34. The van der Waals surface area contributed by atoms with Crippen LogP contribution in [0.4, 0.5) is 0 Å². The van der Waals surface area contributed by atoms with E-state index in [2.05, 4.69) is 5.10 Å². The molecule has 0 radical (unpaired) electrons. The summed E-state index contributed by atoms with van der Waals surface area (Å²) >= 11 is 16.8. The van der Waals surface area contributed by atoms with E-state index in [0.29, 0.717) is 15.1 Å². The molecule has 80 valence electrons. The molecular formula is C10H9Cl3N2. The summed E-state index contributed by atoms with van der Waals surface area (Å²) in [5.41, 5.74) is 0.